The van der Waals surface area contributed by atoms with Crippen LogP contribution in [-0.2, 0) is 26.2 Å². The quantitative estimate of drug-likeness (QED) is 0.245. The number of nitriles is 1. The fourth-order valence-corrected chi connectivity index (χ4v) is 3.22. The average molecular weight is 446 g/mol. The van der Waals surface area contributed by atoms with Gasteiger partial charge in [0.05, 0.1) is 17.8 Å². The van der Waals surface area contributed by atoms with Crippen LogP contribution in [0.2, 0.25) is 5.02 Å². The van der Waals surface area contributed by atoms with Crippen LogP contribution in [0.3, 0.4) is 0 Å². The third-order valence-corrected chi connectivity index (χ3v) is 5.11. The fraction of sp³-hybridized carbons (Fsp3) is 0.435. The van der Waals surface area contributed by atoms with Crippen LogP contribution in [0.15, 0.2) is 24.3 Å². The van der Waals surface area contributed by atoms with E-state index in [0.717, 1.165) is 5.56 Å². The molecule has 1 heterocycles. The van der Waals surface area contributed by atoms with E-state index in [1.54, 1.807) is 11.6 Å². The first-order valence-corrected chi connectivity index (χ1v) is 10.3. The summed E-state index contributed by atoms with van der Waals surface area (Å²) in [6.07, 6.45) is -1.93. The summed E-state index contributed by atoms with van der Waals surface area (Å²) in [5, 5.41) is 14.8. The molecule has 0 saturated carbocycles. The van der Waals surface area contributed by atoms with E-state index in [2.05, 4.69) is 36.7 Å². The van der Waals surface area contributed by atoms with E-state index in [1.807, 2.05) is 31.2 Å². The van der Waals surface area contributed by atoms with Crippen molar-refractivity contribution in [3.8, 4) is 6.07 Å². The third kappa shape index (κ3) is 5.59. The van der Waals surface area contributed by atoms with Crippen molar-refractivity contribution >= 4 is 29.1 Å². The Morgan fingerprint density at radius 2 is 1.87 bits per heavy atom. The van der Waals surface area contributed by atoms with Gasteiger partial charge in [0.1, 0.15) is 17.3 Å². The van der Waals surface area contributed by atoms with E-state index in [1.165, 1.54) is 14.0 Å². The minimum absolute atomic E-state index is 0.0293. The Kier molecular flexibility index (Phi) is 7.75. The van der Waals surface area contributed by atoms with Gasteiger partial charge >= 0.3 is 6.16 Å². The number of nitrogens with zero attached hydrogens (tertiary/aromatic N) is 3. The third-order valence-electron chi connectivity index (χ3n) is 4.66. The van der Waals surface area contributed by atoms with Crippen LogP contribution in [0.4, 0.5) is 4.79 Å². The lowest BCUT2D eigenvalue weighted by Crippen LogP contribution is -2.19. The predicted molar refractivity (Wildman–Crippen MR) is 119 cm³/mol. The number of benzene rings is 1. The molecule has 1 atom stereocenters. The molecule has 0 radical (unpaired) electrons. The molecule has 0 spiro atoms. The maximum Gasteiger partial charge on any atom is 0.511 e. The summed E-state index contributed by atoms with van der Waals surface area (Å²) in [6, 6.07) is 9.89. The maximum atomic E-state index is 11.5. The largest absolute Gasteiger partial charge is 0.511 e. The highest BCUT2D eigenvalue weighted by Crippen LogP contribution is 2.35. The first-order valence-electron chi connectivity index (χ1n) is 9.93. The van der Waals surface area contributed by atoms with Crippen molar-refractivity contribution in [2.24, 2.45) is 0 Å². The van der Waals surface area contributed by atoms with Crippen LogP contribution in [0.1, 0.15) is 57.1 Å². The summed E-state index contributed by atoms with van der Waals surface area (Å²) in [6.45, 7) is 12.1. The Bertz CT molecular complexity index is 1010. The van der Waals surface area contributed by atoms with Gasteiger partial charge in [-0.3, -0.25) is 4.68 Å². The number of ether oxygens (including phenoxy) is 3. The van der Waals surface area contributed by atoms with E-state index in [0.29, 0.717) is 28.5 Å². The lowest BCUT2D eigenvalue weighted by molar-refractivity contribution is -0.0619. The van der Waals surface area contributed by atoms with Gasteiger partial charge in [-0.05, 0) is 30.4 Å². The SMILES string of the molecule is CCn1nc(C)c(Cl)c1/C(OC(C)OC(=O)OC)=C(\C#N)c1ccc(C(C)(C)C)cc1. The van der Waals surface area contributed by atoms with Crippen molar-refractivity contribution in [3.05, 3.63) is 51.8 Å². The predicted octanol–water partition coefficient (Wildman–Crippen LogP) is 5.70. The van der Waals surface area contributed by atoms with E-state index >= 15 is 0 Å². The van der Waals surface area contributed by atoms with Gasteiger partial charge in [0.2, 0.25) is 6.29 Å². The van der Waals surface area contributed by atoms with Crippen molar-refractivity contribution < 1.29 is 19.0 Å². The molecule has 0 aliphatic carbocycles. The highest BCUT2D eigenvalue weighted by atomic mass is 35.5. The van der Waals surface area contributed by atoms with Gasteiger partial charge in [-0.1, -0.05) is 56.6 Å². The molecule has 1 unspecified atom stereocenters. The van der Waals surface area contributed by atoms with Gasteiger partial charge in [-0.15, -0.1) is 0 Å². The Morgan fingerprint density at radius 3 is 2.35 bits per heavy atom. The Morgan fingerprint density at radius 1 is 1.26 bits per heavy atom. The second-order valence-electron chi connectivity index (χ2n) is 7.96. The number of hydrogen-bond donors (Lipinski definition) is 0. The second kappa shape index (κ2) is 9.88. The number of aryl methyl sites for hydroxylation is 2. The summed E-state index contributed by atoms with van der Waals surface area (Å²) < 4.78 is 17.2. The molecule has 0 saturated heterocycles. The van der Waals surface area contributed by atoms with E-state index < -0.39 is 12.4 Å². The normalized spacial score (nSPS) is 13.1. The molecule has 2 rings (SSSR count). The number of allylic oxidation sites excluding steroid dienone is 1. The summed E-state index contributed by atoms with van der Waals surface area (Å²) in [4.78, 5) is 11.5. The molecule has 166 valence electrons. The maximum absolute atomic E-state index is 11.5. The number of rotatable bonds is 6. The molecule has 7 nitrogen and oxygen atoms in total. The summed E-state index contributed by atoms with van der Waals surface area (Å²) in [7, 11) is 1.20. The minimum atomic E-state index is -1.03. The highest BCUT2D eigenvalue weighted by Gasteiger charge is 2.26. The van der Waals surface area contributed by atoms with E-state index in [4.69, 9.17) is 21.1 Å². The Labute approximate surface area is 188 Å². The molecule has 0 aliphatic heterocycles. The molecule has 0 fully saturated rings. The van der Waals surface area contributed by atoms with Crippen molar-refractivity contribution in [2.45, 2.75) is 59.8 Å². The Balaban J connectivity index is 2.68. The van der Waals surface area contributed by atoms with Crippen LogP contribution < -0.4 is 0 Å². The zero-order valence-corrected chi connectivity index (χ0v) is 19.7. The van der Waals surface area contributed by atoms with Crippen molar-refractivity contribution in [1.29, 1.82) is 5.26 Å². The van der Waals surface area contributed by atoms with Gasteiger partial charge < -0.3 is 14.2 Å². The van der Waals surface area contributed by atoms with Crippen molar-refractivity contribution in [1.82, 2.24) is 9.78 Å². The molecule has 1 aromatic carbocycles. The topological polar surface area (TPSA) is 86.4 Å². The van der Waals surface area contributed by atoms with Crippen molar-refractivity contribution in [3.63, 3.8) is 0 Å². The van der Waals surface area contributed by atoms with Gasteiger partial charge in [-0.2, -0.15) is 10.4 Å². The van der Waals surface area contributed by atoms with Gasteiger partial charge in [0, 0.05) is 13.5 Å². The average Bonchev–Trinajstić information content (AvgIpc) is 3.01. The molecule has 0 aliphatic rings. The van der Waals surface area contributed by atoms with E-state index in [-0.39, 0.29) is 16.7 Å². The number of methoxy groups -OCH3 is 1. The number of halogens is 1. The monoisotopic (exact) mass is 445 g/mol. The number of hydrogen-bond acceptors (Lipinski definition) is 6. The number of carbonyl (C=O) groups is 1. The van der Waals surface area contributed by atoms with Crippen LogP contribution in [0, 0.1) is 18.3 Å². The summed E-state index contributed by atoms with van der Waals surface area (Å²) in [5.74, 6) is 0.176. The van der Waals surface area contributed by atoms with E-state index in [9.17, 15) is 10.1 Å². The number of aromatic nitrogens is 2. The number of carbonyl (C=O) groups excluding carboxylic acids is 1. The first kappa shape index (κ1) is 24.3. The van der Waals surface area contributed by atoms with Gasteiger partial charge in [-0.25, -0.2) is 4.79 Å². The molecule has 0 amide bonds. The molecular weight excluding hydrogens is 418 g/mol. The van der Waals surface area contributed by atoms with Crippen LogP contribution >= 0.6 is 11.6 Å². The van der Waals surface area contributed by atoms with Crippen molar-refractivity contribution in [2.75, 3.05) is 7.11 Å². The van der Waals surface area contributed by atoms with Gasteiger partial charge in [0.15, 0.2) is 5.76 Å². The summed E-state index contributed by atoms with van der Waals surface area (Å²) in [5.41, 5.74) is 3.04. The minimum Gasteiger partial charge on any atom is -0.451 e. The molecule has 2 aromatic rings. The molecule has 31 heavy (non-hydrogen) atoms. The van der Waals surface area contributed by atoms with Crippen LogP contribution in [0.25, 0.3) is 11.3 Å². The highest BCUT2D eigenvalue weighted by molar-refractivity contribution is 6.33. The fourth-order valence-electron chi connectivity index (χ4n) is 3.00. The summed E-state index contributed by atoms with van der Waals surface area (Å²) >= 11 is 6.54. The molecule has 0 N–H and O–H groups in total. The standard InChI is InChI=1S/C23H28ClN3O4/c1-8-27-20(19(24)14(2)26-27)21(30-15(3)31-22(28)29-7)18(13-25)16-9-11-17(12-10-16)23(4,5)6/h9-12,15H,8H2,1-7H3/b21-18-. The van der Waals surface area contributed by atoms with Gasteiger partial charge in [0.25, 0.3) is 0 Å². The first-order chi connectivity index (χ1) is 14.5. The lowest BCUT2D eigenvalue weighted by Gasteiger charge is -2.21. The second-order valence-corrected chi connectivity index (χ2v) is 8.34. The Hall–Kier alpha value is -2.98. The zero-order chi connectivity index (χ0) is 23.3. The molecule has 0 bridgehead atoms. The van der Waals surface area contributed by atoms with Crippen LogP contribution in [0.5, 0.6) is 0 Å². The molecule has 8 heteroatoms. The van der Waals surface area contributed by atoms with Crippen LogP contribution in [-0.4, -0.2) is 29.3 Å². The lowest BCUT2D eigenvalue weighted by atomic mass is 9.86. The smallest absolute Gasteiger partial charge is 0.451 e. The molecule has 1 aromatic heterocycles. The zero-order valence-electron chi connectivity index (χ0n) is 18.9. The molecular formula is C23H28ClN3O4.